The summed E-state index contributed by atoms with van der Waals surface area (Å²) < 4.78 is 19.1. The maximum Gasteiger partial charge on any atom is 0.131 e. The van der Waals surface area contributed by atoms with Crippen LogP contribution in [0.15, 0.2) is 18.2 Å². The summed E-state index contributed by atoms with van der Waals surface area (Å²) in [5, 5.41) is 12.8. The average Bonchev–Trinajstić information content (AvgIpc) is 2.81. The highest BCUT2D eigenvalue weighted by Crippen LogP contribution is 2.29. The van der Waals surface area contributed by atoms with Crippen molar-refractivity contribution in [2.75, 3.05) is 13.7 Å². The zero-order valence-electron chi connectivity index (χ0n) is 11.5. The first kappa shape index (κ1) is 14.3. The summed E-state index contributed by atoms with van der Waals surface area (Å²) in [5.74, 6) is 0.812. The third-order valence-electron chi connectivity index (χ3n) is 3.89. The fraction of sp³-hybridized carbons (Fsp3) is 0.600. The first-order valence-corrected chi connectivity index (χ1v) is 6.85. The first-order valence-electron chi connectivity index (χ1n) is 6.85. The smallest absolute Gasteiger partial charge is 0.131 e. The van der Waals surface area contributed by atoms with Gasteiger partial charge in [-0.1, -0.05) is 6.07 Å². The van der Waals surface area contributed by atoms with Gasteiger partial charge in [0.15, 0.2) is 0 Å². The molecule has 0 spiro atoms. The van der Waals surface area contributed by atoms with Crippen LogP contribution in [0.25, 0.3) is 0 Å². The van der Waals surface area contributed by atoms with Gasteiger partial charge in [0.2, 0.25) is 0 Å². The molecular weight excluding hydrogens is 245 g/mol. The zero-order valence-corrected chi connectivity index (χ0v) is 11.5. The monoisotopic (exact) mass is 267 g/mol. The van der Waals surface area contributed by atoms with Crippen molar-refractivity contribution in [1.82, 2.24) is 5.32 Å². The molecule has 3 unspecified atom stereocenters. The average molecular weight is 267 g/mol. The van der Waals surface area contributed by atoms with Gasteiger partial charge in [0.1, 0.15) is 11.6 Å². The van der Waals surface area contributed by atoms with Crippen LogP contribution >= 0.6 is 0 Å². The van der Waals surface area contributed by atoms with Gasteiger partial charge in [-0.25, -0.2) is 4.39 Å². The maximum absolute atomic E-state index is 13.9. The zero-order chi connectivity index (χ0) is 13.8. The summed E-state index contributed by atoms with van der Waals surface area (Å²) in [6.07, 6.45) is 2.60. The second kappa shape index (κ2) is 6.35. The number of hydrogen-bond donors (Lipinski definition) is 2. The summed E-state index contributed by atoms with van der Waals surface area (Å²) in [7, 11) is 1.55. The number of aliphatic hydroxyl groups excluding tert-OH is 1. The van der Waals surface area contributed by atoms with E-state index in [4.69, 9.17) is 4.74 Å². The number of benzene rings is 1. The van der Waals surface area contributed by atoms with Crippen molar-refractivity contribution in [3.05, 3.63) is 29.6 Å². The summed E-state index contributed by atoms with van der Waals surface area (Å²) in [6, 6.07) is 4.78. The number of aliphatic hydroxyl groups is 1. The van der Waals surface area contributed by atoms with Crippen LogP contribution < -0.4 is 10.1 Å². The molecule has 4 heteroatoms. The van der Waals surface area contributed by atoms with Gasteiger partial charge in [-0.05, 0) is 50.8 Å². The summed E-state index contributed by atoms with van der Waals surface area (Å²) in [6.45, 7) is 2.74. The Labute approximate surface area is 113 Å². The Bertz CT molecular complexity index is 425. The van der Waals surface area contributed by atoms with Crippen molar-refractivity contribution in [2.45, 2.75) is 38.3 Å². The lowest BCUT2D eigenvalue weighted by Gasteiger charge is -2.20. The molecule has 0 saturated heterocycles. The van der Waals surface area contributed by atoms with E-state index in [9.17, 15) is 9.50 Å². The van der Waals surface area contributed by atoms with Crippen LogP contribution in [0.3, 0.4) is 0 Å². The second-order valence-electron chi connectivity index (χ2n) is 5.32. The summed E-state index contributed by atoms with van der Waals surface area (Å²) in [5.41, 5.74) is 0.573. The van der Waals surface area contributed by atoms with Gasteiger partial charge in [0, 0.05) is 11.6 Å². The minimum Gasteiger partial charge on any atom is -0.496 e. The van der Waals surface area contributed by atoms with Crippen LogP contribution in [0.4, 0.5) is 4.39 Å². The predicted octanol–water partition coefficient (Wildman–Crippen LogP) is 2.65. The van der Waals surface area contributed by atoms with Gasteiger partial charge in [0.25, 0.3) is 0 Å². The number of hydrogen-bond acceptors (Lipinski definition) is 3. The molecule has 0 amide bonds. The van der Waals surface area contributed by atoms with Crippen LogP contribution in [-0.4, -0.2) is 24.9 Å². The Morgan fingerprint density at radius 3 is 2.89 bits per heavy atom. The number of ether oxygens (including phenoxy) is 1. The normalized spacial score (nSPS) is 24.4. The number of rotatable bonds is 5. The standard InChI is InChI=1S/C15H22FNO2/c1-10(17-9-11-6-7-12(18)8-11)15-13(16)4-3-5-14(15)19-2/h3-5,10-12,17-18H,6-9H2,1-2H3. The molecule has 1 aliphatic rings. The fourth-order valence-corrected chi connectivity index (χ4v) is 2.79. The summed E-state index contributed by atoms with van der Waals surface area (Å²) >= 11 is 0. The van der Waals surface area contributed by atoms with Crippen LogP contribution in [0.1, 0.15) is 37.8 Å². The van der Waals surface area contributed by atoms with Crippen LogP contribution in [0.2, 0.25) is 0 Å². The van der Waals surface area contributed by atoms with E-state index in [1.165, 1.54) is 6.07 Å². The molecule has 2 rings (SSSR count). The molecule has 1 fully saturated rings. The molecule has 0 bridgehead atoms. The number of nitrogens with one attached hydrogen (secondary N) is 1. The molecule has 0 radical (unpaired) electrons. The minimum absolute atomic E-state index is 0.103. The Morgan fingerprint density at radius 1 is 1.47 bits per heavy atom. The van der Waals surface area contributed by atoms with Gasteiger partial charge in [0.05, 0.1) is 13.2 Å². The van der Waals surface area contributed by atoms with Crippen molar-refractivity contribution >= 4 is 0 Å². The molecule has 1 saturated carbocycles. The molecule has 0 aliphatic heterocycles. The van der Waals surface area contributed by atoms with Gasteiger partial charge >= 0.3 is 0 Å². The highest BCUT2D eigenvalue weighted by Gasteiger charge is 2.24. The van der Waals surface area contributed by atoms with E-state index < -0.39 is 0 Å². The quantitative estimate of drug-likeness (QED) is 0.861. The third kappa shape index (κ3) is 3.45. The molecule has 1 aromatic carbocycles. The van der Waals surface area contributed by atoms with Gasteiger partial charge in [-0.3, -0.25) is 0 Å². The lowest BCUT2D eigenvalue weighted by atomic mass is 10.0. The minimum atomic E-state index is -0.245. The third-order valence-corrected chi connectivity index (χ3v) is 3.89. The first-order chi connectivity index (χ1) is 9.11. The lowest BCUT2D eigenvalue weighted by Crippen LogP contribution is -2.26. The molecule has 19 heavy (non-hydrogen) atoms. The largest absolute Gasteiger partial charge is 0.496 e. The fourth-order valence-electron chi connectivity index (χ4n) is 2.79. The molecule has 3 nitrogen and oxygen atoms in total. The van der Waals surface area contributed by atoms with E-state index in [0.717, 1.165) is 25.8 Å². The van der Waals surface area contributed by atoms with Gasteiger partial charge < -0.3 is 15.2 Å². The predicted molar refractivity (Wildman–Crippen MR) is 72.7 cm³/mol. The molecular formula is C15H22FNO2. The molecule has 3 atom stereocenters. The SMILES string of the molecule is COc1cccc(F)c1C(C)NCC1CCC(O)C1. The van der Waals surface area contributed by atoms with Crippen LogP contribution in [0, 0.1) is 11.7 Å². The molecule has 1 aliphatic carbocycles. The van der Waals surface area contributed by atoms with Gasteiger partial charge in [-0.2, -0.15) is 0 Å². The molecule has 0 heterocycles. The lowest BCUT2D eigenvalue weighted by molar-refractivity contribution is 0.177. The highest BCUT2D eigenvalue weighted by molar-refractivity contribution is 5.36. The van der Waals surface area contributed by atoms with Crippen molar-refractivity contribution < 1.29 is 14.2 Å². The topological polar surface area (TPSA) is 41.5 Å². The number of methoxy groups -OCH3 is 1. The molecule has 106 valence electrons. The van der Waals surface area contributed by atoms with E-state index in [1.54, 1.807) is 19.2 Å². The van der Waals surface area contributed by atoms with E-state index in [0.29, 0.717) is 17.2 Å². The van der Waals surface area contributed by atoms with E-state index >= 15 is 0 Å². The van der Waals surface area contributed by atoms with Crippen molar-refractivity contribution in [2.24, 2.45) is 5.92 Å². The highest BCUT2D eigenvalue weighted by atomic mass is 19.1. The van der Waals surface area contributed by atoms with Crippen molar-refractivity contribution in [3.63, 3.8) is 0 Å². The van der Waals surface area contributed by atoms with Crippen LogP contribution in [-0.2, 0) is 0 Å². The Kier molecular flexibility index (Phi) is 4.77. The number of halogens is 1. The molecule has 0 aromatic heterocycles. The van der Waals surface area contributed by atoms with Crippen molar-refractivity contribution in [1.29, 1.82) is 0 Å². The second-order valence-corrected chi connectivity index (χ2v) is 5.32. The van der Waals surface area contributed by atoms with Gasteiger partial charge in [-0.15, -0.1) is 0 Å². The Balaban J connectivity index is 1.98. The van der Waals surface area contributed by atoms with E-state index in [-0.39, 0.29) is 18.0 Å². The molecule has 1 aromatic rings. The Morgan fingerprint density at radius 2 is 2.26 bits per heavy atom. The Hall–Kier alpha value is -1.13. The summed E-state index contributed by atoms with van der Waals surface area (Å²) in [4.78, 5) is 0. The van der Waals surface area contributed by atoms with E-state index in [1.807, 2.05) is 6.92 Å². The van der Waals surface area contributed by atoms with Crippen LogP contribution in [0.5, 0.6) is 5.75 Å². The van der Waals surface area contributed by atoms with E-state index in [2.05, 4.69) is 5.32 Å². The van der Waals surface area contributed by atoms with Crippen molar-refractivity contribution in [3.8, 4) is 5.75 Å². The molecule has 2 N–H and O–H groups in total. The maximum atomic E-state index is 13.9.